The van der Waals surface area contributed by atoms with Gasteiger partial charge in [-0.2, -0.15) is 4.31 Å². The molecule has 0 bridgehead atoms. The van der Waals surface area contributed by atoms with Crippen molar-refractivity contribution in [2.75, 3.05) is 32.6 Å². The van der Waals surface area contributed by atoms with Crippen molar-refractivity contribution in [3.63, 3.8) is 0 Å². The van der Waals surface area contributed by atoms with E-state index in [1.54, 1.807) is 0 Å². The van der Waals surface area contributed by atoms with E-state index in [0.29, 0.717) is 32.7 Å². The maximum absolute atomic E-state index is 12.1. The van der Waals surface area contributed by atoms with Crippen molar-refractivity contribution in [1.29, 1.82) is 0 Å². The lowest BCUT2D eigenvalue weighted by Gasteiger charge is -2.30. The smallest absolute Gasteiger partial charge is 0.224 e. The topological polar surface area (TPSA) is 75.7 Å². The van der Waals surface area contributed by atoms with Gasteiger partial charge in [-0.1, -0.05) is 6.42 Å². The van der Waals surface area contributed by atoms with Gasteiger partial charge in [-0.05, 0) is 19.3 Å². The number of ether oxygens (including phenoxy) is 1. The van der Waals surface area contributed by atoms with Crippen LogP contribution in [0.5, 0.6) is 0 Å². The van der Waals surface area contributed by atoms with Crippen LogP contribution in [0.15, 0.2) is 0 Å². The number of carbonyl (C=O) groups excluding carboxylic acids is 1. The number of rotatable bonds is 1. The van der Waals surface area contributed by atoms with E-state index < -0.39 is 10.0 Å². The summed E-state index contributed by atoms with van der Waals surface area (Å²) in [6.07, 6.45) is 4.34. The fourth-order valence-electron chi connectivity index (χ4n) is 2.97. The minimum absolute atomic E-state index is 0.0401. The van der Waals surface area contributed by atoms with Crippen LogP contribution < -0.4 is 5.32 Å². The van der Waals surface area contributed by atoms with Gasteiger partial charge in [0, 0.05) is 25.7 Å². The summed E-state index contributed by atoms with van der Waals surface area (Å²) in [6.45, 7) is 1.95. The summed E-state index contributed by atoms with van der Waals surface area (Å²) in [6, 6.07) is -0.187. The number of hydrogen-bond acceptors (Lipinski definition) is 4. The Bertz CT molecular complexity index is 423. The van der Waals surface area contributed by atoms with E-state index in [4.69, 9.17) is 4.74 Å². The molecule has 0 aromatic rings. The van der Waals surface area contributed by atoms with Crippen LogP contribution in [0.1, 0.15) is 25.7 Å². The number of nitrogens with zero attached hydrogens (tertiary/aromatic N) is 1. The van der Waals surface area contributed by atoms with Crippen molar-refractivity contribution in [3.8, 4) is 0 Å². The van der Waals surface area contributed by atoms with Gasteiger partial charge in [-0.25, -0.2) is 8.42 Å². The number of carbonyl (C=O) groups is 1. The molecule has 0 spiro atoms. The van der Waals surface area contributed by atoms with Crippen LogP contribution in [0.25, 0.3) is 0 Å². The summed E-state index contributed by atoms with van der Waals surface area (Å²) in [5.74, 6) is -0.255. The molecule has 0 unspecified atom stereocenters. The first kappa shape index (κ1) is 14.7. The number of fused-ring (bicyclic) bond motifs is 1. The van der Waals surface area contributed by atoms with E-state index in [1.165, 1.54) is 10.6 Å². The second-order valence-electron chi connectivity index (χ2n) is 5.24. The number of sulfonamides is 1. The fourth-order valence-corrected chi connectivity index (χ4v) is 4.18. The van der Waals surface area contributed by atoms with E-state index in [0.717, 1.165) is 19.3 Å². The summed E-state index contributed by atoms with van der Waals surface area (Å²) < 4.78 is 30.7. The van der Waals surface area contributed by atoms with Crippen LogP contribution in [0.4, 0.5) is 0 Å². The molecule has 1 saturated carbocycles. The first-order chi connectivity index (χ1) is 9.00. The Morgan fingerprint density at radius 3 is 2.79 bits per heavy atom. The molecule has 1 N–H and O–H groups in total. The first-order valence-corrected chi connectivity index (χ1v) is 8.67. The van der Waals surface area contributed by atoms with Crippen molar-refractivity contribution >= 4 is 15.9 Å². The fraction of sp³-hybridized carbons (Fsp3) is 0.917. The van der Waals surface area contributed by atoms with Gasteiger partial charge in [0.25, 0.3) is 0 Å². The molecule has 2 fully saturated rings. The molecule has 110 valence electrons. The molecule has 6 nitrogen and oxygen atoms in total. The molecule has 2 aliphatic rings. The molecule has 1 amide bonds. The quantitative estimate of drug-likeness (QED) is 0.735. The third-order valence-electron chi connectivity index (χ3n) is 3.82. The minimum Gasteiger partial charge on any atom is -0.380 e. The molecule has 2 atom stereocenters. The van der Waals surface area contributed by atoms with Gasteiger partial charge in [0.2, 0.25) is 15.9 Å². The lowest BCUT2D eigenvalue weighted by Crippen LogP contribution is -2.47. The van der Waals surface area contributed by atoms with Crippen LogP contribution in [-0.4, -0.2) is 57.2 Å². The van der Waals surface area contributed by atoms with E-state index in [1.807, 2.05) is 0 Å². The standard InChI is InChI=1S/C12H22N2O4S/c1-19(16,17)14-7-3-8-18-9-6-13-12(15)10-4-2-5-11(10)14/h10-11H,2-9H2,1H3,(H,13,15)/t10-,11+/m1/s1. The van der Waals surface area contributed by atoms with E-state index in [2.05, 4.69) is 5.32 Å². The predicted octanol–water partition coefficient (Wildman–Crippen LogP) is -0.0468. The van der Waals surface area contributed by atoms with Gasteiger partial charge < -0.3 is 10.1 Å². The monoisotopic (exact) mass is 290 g/mol. The van der Waals surface area contributed by atoms with Crippen molar-refractivity contribution < 1.29 is 17.9 Å². The van der Waals surface area contributed by atoms with Crippen LogP contribution in [0, 0.1) is 5.92 Å². The second-order valence-corrected chi connectivity index (χ2v) is 7.17. The molecular formula is C12H22N2O4S. The molecule has 1 saturated heterocycles. The molecular weight excluding hydrogens is 268 g/mol. The van der Waals surface area contributed by atoms with E-state index in [9.17, 15) is 13.2 Å². The van der Waals surface area contributed by atoms with Gasteiger partial charge in [-0.3, -0.25) is 4.79 Å². The molecule has 7 heteroatoms. The molecule has 2 rings (SSSR count). The van der Waals surface area contributed by atoms with Crippen molar-refractivity contribution in [1.82, 2.24) is 9.62 Å². The normalized spacial score (nSPS) is 31.3. The van der Waals surface area contributed by atoms with Gasteiger partial charge in [0.15, 0.2) is 0 Å². The first-order valence-electron chi connectivity index (χ1n) is 6.82. The SMILES string of the molecule is CS(=O)(=O)N1CCCOCCNC(=O)[C@@H]2CCC[C@@H]21. The third kappa shape index (κ3) is 3.67. The molecule has 1 aliphatic heterocycles. The average Bonchev–Trinajstić information content (AvgIpc) is 2.77. The van der Waals surface area contributed by atoms with E-state index >= 15 is 0 Å². The summed E-state index contributed by atoms with van der Waals surface area (Å²) in [5.41, 5.74) is 0. The van der Waals surface area contributed by atoms with Crippen LogP contribution in [0.2, 0.25) is 0 Å². The molecule has 1 aliphatic carbocycles. The second kappa shape index (κ2) is 6.19. The largest absolute Gasteiger partial charge is 0.380 e. The highest BCUT2D eigenvalue weighted by Gasteiger charge is 2.40. The van der Waals surface area contributed by atoms with Gasteiger partial charge in [0.1, 0.15) is 0 Å². The highest BCUT2D eigenvalue weighted by atomic mass is 32.2. The summed E-state index contributed by atoms with van der Waals surface area (Å²) >= 11 is 0. The maximum atomic E-state index is 12.1. The van der Waals surface area contributed by atoms with Gasteiger partial charge in [-0.15, -0.1) is 0 Å². The maximum Gasteiger partial charge on any atom is 0.224 e. The molecule has 0 aromatic carbocycles. The Morgan fingerprint density at radius 1 is 1.26 bits per heavy atom. The highest BCUT2D eigenvalue weighted by Crippen LogP contribution is 2.31. The number of nitrogens with one attached hydrogen (secondary N) is 1. The summed E-state index contributed by atoms with van der Waals surface area (Å²) in [4.78, 5) is 12.1. The minimum atomic E-state index is -3.29. The predicted molar refractivity (Wildman–Crippen MR) is 71.1 cm³/mol. The Morgan fingerprint density at radius 2 is 2.05 bits per heavy atom. The molecule has 19 heavy (non-hydrogen) atoms. The highest BCUT2D eigenvalue weighted by molar-refractivity contribution is 7.88. The Balaban J connectivity index is 2.21. The lowest BCUT2D eigenvalue weighted by atomic mass is 10.0. The molecule has 0 radical (unpaired) electrons. The number of hydrogen-bond donors (Lipinski definition) is 1. The zero-order valence-electron chi connectivity index (χ0n) is 11.3. The Kier molecular flexibility index (Phi) is 4.81. The Labute approximate surface area is 114 Å². The van der Waals surface area contributed by atoms with Crippen molar-refractivity contribution in [2.45, 2.75) is 31.7 Å². The summed E-state index contributed by atoms with van der Waals surface area (Å²) in [5, 5.41) is 2.84. The molecule has 1 heterocycles. The summed E-state index contributed by atoms with van der Waals surface area (Å²) in [7, 11) is -3.29. The lowest BCUT2D eigenvalue weighted by molar-refractivity contribution is -0.126. The van der Waals surface area contributed by atoms with E-state index in [-0.39, 0.29) is 17.9 Å². The molecule has 0 aromatic heterocycles. The zero-order chi connectivity index (χ0) is 13.9. The van der Waals surface area contributed by atoms with Gasteiger partial charge >= 0.3 is 0 Å². The average molecular weight is 290 g/mol. The number of amides is 1. The van der Waals surface area contributed by atoms with Gasteiger partial charge in [0.05, 0.1) is 18.8 Å². The van der Waals surface area contributed by atoms with Crippen LogP contribution in [-0.2, 0) is 19.6 Å². The van der Waals surface area contributed by atoms with Crippen molar-refractivity contribution in [3.05, 3.63) is 0 Å². The third-order valence-corrected chi connectivity index (χ3v) is 5.13. The zero-order valence-corrected chi connectivity index (χ0v) is 12.1. The Hall–Kier alpha value is -0.660. The van der Waals surface area contributed by atoms with Crippen LogP contribution in [0.3, 0.4) is 0 Å². The van der Waals surface area contributed by atoms with Crippen molar-refractivity contribution in [2.24, 2.45) is 5.92 Å². The van der Waals surface area contributed by atoms with Crippen LogP contribution >= 0.6 is 0 Å².